The van der Waals surface area contributed by atoms with Crippen LogP contribution in [0.15, 0.2) is 48.7 Å². The molecule has 2 aromatic rings. The van der Waals surface area contributed by atoms with Gasteiger partial charge in [0.15, 0.2) is 0 Å². The first-order valence-corrected chi connectivity index (χ1v) is 5.34. The van der Waals surface area contributed by atoms with Gasteiger partial charge < -0.3 is 5.73 Å². The molecule has 0 radical (unpaired) electrons. The quantitative estimate of drug-likeness (QED) is 0.782. The highest BCUT2D eigenvalue weighted by Crippen LogP contribution is 2.37. The van der Waals surface area contributed by atoms with E-state index in [2.05, 4.69) is 23.2 Å². The number of fused-ring (bicyclic) bond motifs is 1. The summed E-state index contributed by atoms with van der Waals surface area (Å²) in [7, 11) is 0. The molecule has 2 nitrogen and oxygen atoms in total. The van der Waals surface area contributed by atoms with Gasteiger partial charge in [-0.3, -0.25) is 4.98 Å². The second kappa shape index (κ2) is 3.58. The zero-order chi connectivity index (χ0) is 11.0. The second-order valence-corrected chi connectivity index (χ2v) is 3.92. The molecule has 0 bridgehead atoms. The average Bonchev–Trinajstić information content (AvgIpc) is 2.69. The van der Waals surface area contributed by atoms with Crippen LogP contribution in [-0.4, -0.2) is 4.98 Å². The van der Waals surface area contributed by atoms with Gasteiger partial charge in [-0.1, -0.05) is 30.3 Å². The van der Waals surface area contributed by atoms with Crippen molar-refractivity contribution in [3.8, 4) is 0 Å². The van der Waals surface area contributed by atoms with E-state index in [1.807, 2.05) is 30.3 Å². The highest BCUT2D eigenvalue weighted by atomic mass is 14.7. The van der Waals surface area contributed by atoms with Gasteiger partial charge >= 0.3 is 0 Å². The molecule has 2 N–H and O–H groups in total. The first kappa shape index (κ1) is 9.31. The Morgan fingerprint density at radius 2 is 1.81 bits per heavy atom. The normalized spacial score (nSPS) is 18.1. The molecule has 1 atom stereocenters. The summed E-state index contributed by atoms with van der Waals surface area (Å²) in [5.41, 5.74) is 10.7. The molecular formula is C14H12N2. The highest BCUT2D eigenvalue weighted by molar-refractivity contribution is 5.89. The molecule has 3 rings (SSSR count). The monoisotopic (exact) mass is 208 g/mol. The molecule has 78 valence electrons. The van der Waals surface area contributed by atoms with Crippen LogP contribution in [-0.2, 0) is 0 Å². The van der Waals surface area contributed by atoms with Gasteiger partial charge in [-0.15, -0.1) is 0 Å². The van der Waals surface area contributed by atoms with Crippen LogP contribution >= 0.6 is 0 Å². The minimum Gasteiger partial charge on any atom is -0.320 e. The Kier molecular flexibility index (Phi) is 2.08. The number of aromatic nitrogens is 1. The molecular weight excluding hydrogens is 196 g/mol. The van der Waals surface area contributed by atoms with Crippen molar-refractivity contribution in [2.24, 2.45) is 5.73 Å². The Labute approximate surface area is 94.4 Å². The van der Waals surface area contributed by atoms with E-state index in [0.29, 0.717) is 0 Å². The van der Waals surface area contributed by atoms with Crippen LogP contribution in [0.3, 0.4) is 0 Å². The zero-order valence-electron chi connectivity index (χ0n) is 8.80. The Hall–Kier alpha value is -1.93. The molecule has 16 heavy (non-hydrogen) atoms. The van der Waals surface area contributed by atoms with Crippen LogP contribution in [0.25, 0.3) is 11.6 Å². The summed E-state index contributed by atoms with van der Waals surface area (Å²) in [4.78, 5) is 4.35. The van der Waals surface area contributed by atoms with E-state index in [9.17, 15) is 0 Å². The minimum atomic E-state index is -0.0499. The molecule has 0 saturated heterocycles. The van der Waals surface area contributed by atoms with Gasteiger partial charge in [0.2, 0.25) is 0 Å². The summed E-state index contributed by atoms with van der Waals surface area (Å²) in [6.07, 6.45) is 3.92. The van der Waals surface area contributed by atoms with Gasteiger partial charge in [0.05, 0.1) is 11.7 Å². The SMILES string of the molecule is NC1C(c2ccccn2)=Cc2ccccc21. The largest absolute Gasteiger partial charge is 0.320 e. The van der Waals surface area contributed by atoms with E-state index in [-0.39, 0.29) is 6.04 Å². The Morgan fingerprint density at radius 3 is 2.56 bits per heavy atom. The first-order valence-electron chi connectivity index (χ1n) is 5.34. The average molecular weight is 208 g/mol. The summed E-state index contributed by atoms with van der Waals surface area (Å²) >= 11 is 0. The molecule has 0 aliphatic heterocycles. The van der Waals surface area contributed by atoms with Crippen molar-refractivity contribution in [1.82, 2.24) is 4.98 Å². The van der Waals surface area contributed by atoms with Gasteiger partial charge in [0, 0.05) is 6.20 Å². The molecule has 1 heterocycles. The molecule has 0 saturated carbocycles. The van der Waals surface area contributed by atoms with Crippen molar-refractivity contribution in [2.45, 2.75) is 6.04 Å². The molecule has 0 fully saturated rings. The summed E-state index contributed by atoms with van der Waals surface area (Å²) in [5, 5.41) is 0. The third kappa shape index (κ3) is 1.35. The van der Waals surface area contributed by atoms with Crippen LogP contribution in [0.5, 0.6) is 0 Å². The van der Waals surface area contributed by atoms with E-state index in [1.165, 1.54) is 11.1 Å². The number of rotatable bonds is 1. The summed E-state index contributed by atoms with van der Waals surface area (Å²) in [6, 6.07) is 14.1. The Bertz CT molecular complexity index is 544. The number of hydrogen-bond acceptors (Lipinski definition) is 2. The van der Waals surface area contributed by atoms with E-state index < -0.39 is 0 Å². The van der Waals surface area contributed by atoms with Crippen molar-refractivity contribution in [3.63, 3.8) is 0 Å². The van der Waals surface area contributed by atoms with Gasteiger partial charge in [-0.25, -0.2) is 0 Å². The van der Waals surface area contributed by atoms with Gasteiger partial charge in [0.1, 0.15) is 0 Å². The Balaban J connectivity index is 2.09. The Morgan fingerprint density at radius 1 is 1.00 bits per heavy atom. The maximum absolute atomic E-state index is 6.21. The van der Waals surface area contributed by atoms with Crippen molar-refractivity contribution < 1.29 is 0 Å². The molecule has 2 heteroatoms. The second-order valence-electron chi connectivity index (χ2n) is 3.92. The molecule has 0 amide bonds. The third-order valence-electron chi connectivity index (χ3n) is 2.94. The first-order chi connectivity index (χ1) is 7.86. The van der Waals surface area contributed by atoms with E-state index in [1.54, 1.807) is 6.20 Å². The number of nitrogens with zero attached hydrogens (tertiary/aromatic N) is 1. The number of pyridine rings is 1. The van der Waals surface area contributed by atoms with Crippen LogP contribution in [0.2, 0.25) is 0 Å². The van der Waals surface area contributed by atoms with Crippen LogP contribution < -0.4 is 5.73 Å². The maximum atomic E-state index is 6.21. The van der Waals surface area contributed by atoms with Gasteiger partial charge in [-0.05, 0) is 34.9 Å². The van der Waals surface area contributed by atoms with Crippen LogP contribution in [0.4, 0.5) is 0 Å². The fourth-order valence-electron chi connectivity index (χ4n) is 2.12. The predicted octanol–water partition coefficient (Wildman–Crippen LogP) is 2.64. The van der Waals surface area contributed by atoms with Gasteiger partial charge in [0.25, 0.3) is 0 Å². The molecule has 1 aliphatic rings. The molecule has 0 spiro atoms. The van der Waals surface area contributed by atoms with Crippen molar-refractivity contribution >= 4 is 11.6 Å². The highest BCUT2D eigenvalue weighted by Gasteiger charge is 2.22. The van der Waals surface area contributed by atoms with Crippen molar-refractivity contribution in [2.75, 3.05) is 0 Å². The standard InChI is InChI=1S/C14H12N2/c15-14-11-6-2-1-5-10(11)9-12(14)13-7-3-4-8-16-13/h1-9,14H,15H2. The fraction of sp³-hybridized carbons (Fsp3) is 0.0714. The lowest BCUT2D eigenvalue weighted by Gasteiger charge is -2.10. The zero-order valence-corrected chi connectivity index (χ0v) is 8.80. The van der Waals surface area contributed by atoms with Crippen LogP contribution in [0.1, 0.15) is 22.9 Å². The predicted molar refractivity (Wildman–Crippen MR) is 65.5 cm³/mol. The topological polar surface area (TPSA) is 38.9 Å². The third-order valence-corrected chi connectivity index (χ3v) is 2.94. The lowest BCUT2D eigenvalue weighted by atomic mass is 10.0. The molecule has 1 aromatic carbocycles. The van der Waals surface area contributed by atoms with Crippen molar-refractivity contribution in [1.29, 1.82) is 0 Å². The lowest BCUT2D eigenvalue weighted by molar-refractivity contribution is 0.941. The van der Waals surface area contributed by atoms with Gasteiger partial charge in [-0.2, -0.15) is 0 Å². The van der Waals surface area contributed by atoms with Crippen LogP contribution in [0, 0.1) is 0 Å². The maximum Gasteiger partial charge on any atom is 0.0681 e. The van der Waals surface area contributed by atoms with E-state index in [0.717, 1.165) is 11.3 Å². The van der Waals surface area contributed by atoms with E-state index in [4.69, 9.17) is 5.73 Å². The van der Waals surface area contributed by atoms with Crippen molar-refractivity contribution in [3.05, 3.63) is 65.5 Å². The van der Waals surface area contributed by atoms with E-state index >= 15 is 0 Å². The molecule has 1 aromatic heterocycles. The number of hydrogen-bond donors (Lipinski definition) is 1. The smallest absolute Gasteiger partial charge is 0.0681 e. The summed E-state index contributed by atoms with van der Waals surface area (Å²) in [5.74, 6) is 0. The minimum absolute atomic E-state index is 0.0499. The lowest BCUT2D eigenvalue weighted by Crippen LogP contribution is -2.09. The number of nitrogens with two attached hydrogens (primary N) is 1. The molecule has 1 aliphatic carbocycles. The summed E-state index contributed by atoms with van der Waals surface area (Å²) in [6.45, 7) is 0. The summed E-state index contributed by atoms with van der Waals surface area (Å²) < 4.78 is 0. The molecule has 1 unspecified atom stereocenters. The fourth-order valence-corrected chi connectivity index (χ4v) is 2.12. The number of benzene rings is 1.